The van der Waals surface area contributed by atoms with Gasteiger partial charge >= 0.3 is 0 Å². The average molecular weight is 328 g/mol. The molecule has 0 amide bonds. The Balaban J connectivity index is 1.99. The molecule has 0 radical (unpaired) electrons. The van der Waals surface area contributed by atoms with Crippen molar-refractivity contribution in [3.8, 4) is 22.6 Å². The Morgan fingerprint density at radius 2 is 1.48 bits per heavy atom. The highest BCUT2D eigenvalue weighted by Gasteiger charge is 2.36. The van der Waals surface area contributed by atoms with Crippen LogP contribution < -0.4 is 4.74 Å². The molecule has 0 aromatic heterocycles. The maximum absolute atomic E-state index is 6.45. The van der Waals surface area contributed by atoms with Gasteiger partial charge in [-0.1, -0.05) is 62.4 Å². The lowest BCUT2D eigenvalue weighted by Crippen LogP contribution is -2.25. The smallest absolute Gasteiger partial charge is 0.139 e. The molecule has 0 N–H and O–H groups in total. The second-order valence-corrected chi connectivity index (χ2v) is 7.66. The molecule has 4 rings (SSSR count). The van der Waals surface area contributed by atoms with Crippen molar-refractivity contribution in [2.24, 2.45) is 0 Å². The number of hydrogen-bond acceptors (Lipinski definition) is 1. The van der Waals surface area contributed by atoms with E-state index in [0.29, 0.717) is 0 Å². The summed E-state index contributed by atoms with van der Waals surface area (Å²) in [6.07, 6.45) is 0. The Bertz CT molecular complexity index is 979. The van der Waals surface area contributed by atoms with E-state index in [-0.39, 0.29) is 5.41 Å². The van der Waals surface area contributed by atoms with Crippen LogP contribution in [-0.2, 0) is 5.41 Å². The van der Waals surface area contributed by atoms with Crippen LogP contribution in [0.4, 0.5) is 0 Å². The third-order valence-corrected chi connectivity index (χ3v) is 5.58. The quantitative estimate of drug-likeness (QED) is 0.482. The van der Waals surface area contributed by atoms with Crippen LogP contribution in [0, 0.1) is 20.8 Å². The molecule has 1 heterocycles. The second-order valence-electron chi connectivity index (χ2n) is 7.66. The van der Waals surface area contributed by atoms with Crippen LogP contribution in [-0.4, -0.2) is 0 Å². The Morgan fingerprint density at radius 3 is 2.24 bits per heavy atom. The highest BCUT2D eigenvalue weighted by atomic mass is 16.5. The molecule has 0 saturated carbocycles. The zero-order valence-corrected chi connectivity index (χ0v) is 15.6. The zero-order valence-electron chi connectivity index (χ0n) is 15.6. The first kappa shape index (κ1) is 16.0. The first-order valence-electron chi connectivity index (χ1n) is 8.88. The van der Waals surface area contributed by atoms with Crippen molar-refractivity contribution in [3.63, 3.8) is 0 Å². The van der Waals surface area contributed by atoms with Gasteiger partial charge in [0.15, 0.2) is 0 Å². The van der Waals surface area contributed by atoms with E-state index in [0.717, 1.165) is 11.5 Å². The molecular weight excluding hydrogens is 304 g/mol. The summed E-state index contributed by atoms with van der Waals surface area (Å²) in [5, 5.41) is 0. The van der Waals surface area contributed by atoms with Gasteiger partial charge in [0.05, 0.1) is 0 Å². The summed E-state index contributed by atoms with van der Waals surface area (Å²) in [5.74, 6) is 1.97. The number of para-hydroxylation sites is 1. The minimum atomic E-state index is -0.0794. The number of benzene rings is 3. The van der Waals surface area contributed by atoms with Crippen molar-refractivity contribution in [2.45, 2.75) is 40.0 Å². The lowest BCUT2D eigenvalue weighted by Gasteiger charge is -2.36. The SMILES string of the molecule is Cc1ccc(-c2ccc(C)c3c2Oc2ccccc2C3(C)C)cc1C. The third-order valence-electron chi connectivity index (χ3n) is 5.58. The van der Waals surface area contributed by atoms with Crippen LogP contribution >= 0.6 is 0 Å². The van der Waals surface area contributed by atoms with E-state index < -0.39 is 0 Å². The summed E-state index contributed by atoms with van der Waals surface area (Å²) in [5.41, 5.74) is 8.76. The molecule has 25 heavy (non-hydrogen) atoms. The van der Waals surface area contributed by atoms with E-state index in [4.69, 9.17) is 4.74 Å². The number of hydrogen-bond donors (Lipinski definition) is 0. The third kappa shape index (κ3) is 2.38. The molecule has 126 valence electrons. The lowest BCUT2D eigenvalue weighted by molar-refractivity contribution is 0.418. The number of rotatable bonds is 1. The van der Waals surface area contributed by atoms with Gasteiger partial charge in [0, 0.05) is 22.1 Å². The highest BCUT2D eigenvalue weighted by Crippen LogP contribution is 2.52. The van der Waals surface area contributed by atoms with Gasteiger partial charge < -0.3 is 4.74 Å². The minimum absolute atomic E-state index is 0.0794. The molecule has 0 aliphatic carbocycles. The Morgan fingerprint density at radius 1 is 0.760 bits per heavy atom. The molecule has 3 aromatic carbocycles. The van der Waals surface area contributed by atoms with E-state index in [1.165, 1.54) is 38.9 Å². The van der Waals surface area contributed by atoms with Gasteiger partial charge in [-0.15, -0.1) is 0 Å². The fraction of sp³-hybridized carbons (Fsp3) is 0.250. The van der Waals surface area contributed by atoms with Crippen molar-refractivity contribution in [3.05, 3.63) is 82.4 Å². The number of fused-ring (bicyclic) bond motifs is 2. The molecule has 0 spiro atoms. The summed E-state index contributed by atoms with van der Waals surface area (Å²) >= 11 is 0. The minimum Gasteiger partial charge on any atom is -0.456 e. The van der Waals surface area contributed by atoms with Gasteiger partial charge in [-0.2, -0.15) is 0 Å². The van der Waals surface area contributed by atoms with Gasteiger partial charge in [0.2, 0.25) is 0 Å². The van der Waals surface area contributed by atoms with E-state index >= 15 is 0 Å². The van der Waals surface area contributed by atoms with Gasteiger partial charge in [0.1, 0.15) is 11.5 Å². The molecular formula is C24H24O. The fourth-order valence-corrected chi connectivity index (χ4v) is 4.02. The Labute approximate surface area is 150 Å². The molecule has 1 aliphatic heterocycles. The zero-order chi connectivity index (χ0) is 17.8. The summed E-state index contributed by atoms with van der Waals surface area (Å²) in [6, 6.07) is 19.5. The van der Waals surface area contributed by atoms with Crippen molar-refractivity contribution in [1.82, 2.24) is 0 Å². The monoisotopic (exact) mass is 328 g/mol. The molecule has 1 heteroatoms. The first-order chi connectivity index (χ1) is 11.9. The van der Waals surface area contributed by atoms with Gasteiger partial charge in [0.25, 0.3) is 0 Å². The Hall–Kier alpha value is -2.54. The van der Waals surface area contributed by atoms with Crippen molar-refractivity contribution < 1.29 is 4.74 Å². The van der Waals surface area contributed by atoms with Crippen molar-refractivity contribution in [1.29, 1.82) is 0 Å². The van der Waals surface area contributed by atoms with Crippen LogP contribution in [0.3, 0.4) is 0 Å². The van der Waals surface area contributed by atoms with Crippen LogP contribution in [0.2, 0.25) is 0 Å². The molecule has 0 unspecified atom stereocenters. The summed E-state index contributed by atoms with van der Waals surface area (Å²) in [6.45, 7) is 11.1. The molecule has 0 bridgehead atoms. The summed E-state index contributed by atoms with van der Waals surface area (Å²) < 4.78 is 6.45. The largest absolute Gasteiger partial charge is 0.456 e. The molecule has 0 fully saturated rings. The Kier molecular flexibility index (Phi) is 3.50. The molecule has 1 nitrogen and oxygen atoms in total. The summed E-state index contributed by atoms with van der Waals surface area (Å²) in [7, 11) is 0. The number of aryl methyl sites for hydroxylation is 3. The molecule has 1 aliphatic rings. The second kappa shape index (κ2) is 5.49. The van der Waals surface area contributed by atoms with Crippen LogP contribution in [0.25, 0.3) is 11.1 Å². The summed E-state index contributed by atoms with van der Waals surface area (Å²) in [4.78, 5) is 0. The predicted molar refractivity (Wildman–Crippen MR) is 105 cm³/mol. The fourth-order valence-electron chi connectivity index (χ4n) is 4.02. The maximum Gasteiger partial charge on any atom is 0.139 e. The topological polar surface area (TPSA) is 9.23 Å². The predicted octanol–water partition coefficient (Wildman–Crippen LogP) is 6.71. The normalized spacial score (nSPS) is 14.4. The maximum atomic E-state index is 6.45. The van der Waals surface area contributed by atoms with Gasteiger partial charge in [-0.3, -0.25) is 0 Å². The van der Waals surface area contributed by atoms with Crippen LogP contribution in [0.15, 0.2) is 54.6 Å². The van der Waals surface area contributed by atoms with E-state index in [2.05, 4.69) is 83.1 Å². The average Bonchev–Trinajstić information content (AvgIpc) is 2.57. The lowest BCUT2D eigenvalue weighted by atomic mass is 9.73. The van der Waals surface area contributed by atoms with Crippen LogP contribution in [0.5, 0.6) is 11.5 Å². The van der Waals surface area contributed by atoms with Crippen molar-refractivity contribution in [2.75, 3.05) is 0 Å². The van der Waals surface area contributed by atoms with E-state index in [1.54, 1.807) is 0 Å². The van der Waals surface area contributed by atoms with Gasteiger partial charge in [-0.25, -0.2) is 0 Å². The molecule has 3 aromatic rings. The van der Waals surface area contributed by atoms with Gasteiger partial charge in [-0.05, 0) is 49.1 Å². The highest BCUT2D eigenvalue weighted by molar-refractivity contribution is 5.77. The number of ether oxygens (including phenoxy) is 1. The van der Waals surface area contributed by atoms with E-state index in [1.807, 2.05) is 6.07 Å². The first-order valence-corrected chi connectivity index (χ1v) is 8.88. The van der Waals surface area contributed by atoms with Crippen LogP contribution in [0.1, 0.15) is 41.7 Å². The molecule has 0 atom stereocenters. The van der Waals surface area contributed by atoms with E-state index in [9.17, 15) is 0 Å². The standard InChI is InChI=1S/C24H24O/c1-15-10-12-18(14-17(15)3)19-13-11-16(2)22-23(19)25-21-9-7-6-8-20(21)24(22,4)5/h6-14H,1-5H3. The van der Waals surface area contributed by atoms with Crippen molar-refractivity contribution >= 4 is 0 Å². The molecule has 0 saturated heterocycles.